The van der Waals surface area contributed by atoms with Crippen LogP contribution in [0.2, 0.25) is 0 Å². The fourth-order valence-corrected chi connectivity index (χ4v) is 11.2. The van der Waals surface area contributed by atoms with Gasteiger partial charge in [0.2, 0.25) is 0 Å². The van der Waals surface area contributed by atoms with E-state index in [1.54, 1.807) is 10.6 Å². The predicted octanol–water partition coefficient (Wildman–Crippen LogP) is 13.1. The van der Waals surface area contributed by atoms with Gasteiger partial charge in [-0.2, -0.15) is 12.1 Å². The van der Waals surface area contributed by atoms with Crippen LogP contribution < -0.4 is 10.6 Å². The van der Waals surface area contributed by atoms with Crippen LogP contribution in [-0.4, -0.2) is 24.6 Å². The minimum absolute atomic E-state index is 0.0609. The number of unbranched alkanes of at least 4 members (excludes halogenated alkanes) is 4. The summed E-state index contributed by atoms with van der Waals surface area (Å²) in [4.78, 5) is 0. The number of halogens is 2. The van der Waals surface area contributed by atoms with E-state index in [1.165, 1.54) is 120 Å². The summed E-state index contributed by atoms with van der Waals surface area (Å²) in [7, 11) is 9.90. The maximum atomic E-state index is 4.89. The molecule has 0 bridgehead atoms. The Morgan fingerprint density at radius 1 is 0.535 bits per heavy atom. The van der Waals surface area contributed by atoms with Crippen molar-refractivity contribution in [2.75, 3.05) is 24.6 Å². The molecule has 4 aromatic carbocycles. The van der Waals surface area contributed by atoms with Gasteiger partial charge in [-0.05, 0) is 64.2 Å². The summed E-state index contributed by atoms with van der Waals surface area (Å²) in [6.07, 6.45) is 16.5. The van der Waals surface area contributed by atoms with Crippen LogP contribution in [0.5, 0.6) is 0 Å². The molecule has 4 aromatic rings. The van der Waals surface area contributed by atoms with Crippen molar-refractivity contribution in [1.29, 1.82) is 0 Å². The molecule has 0 fully saturated rings. The first-order valence-corrected chi connectivity index (χ1v) is 24.3. The van der Waals surface area contributed by atoms with Crippen LogP contribution >= 0.6 is 34.5 Å². The van der Waals surface area contributed by atoms with Crippen molar-refractivity contribution in [1.82, 2.24) is 0 Å². The third kappa shape index (κ3) is 12.2. The van der Waals surface area contributed by atoms with E-state index in [2.05, 4.69) is 104 Å². The van der Waals surface area contributed by atoms with Gasteiger partial charge in [0.25, 0.3) is 0 Å². The van der Waals surface area contributed by atoms with E-state index < -0.39 is 17.0 Å². The molecule has 0 aliphatic heterocycles. The summed E-state index contributed by atoms with van der Waals surface area (Å²) in [5, 5.41) is 9.24. The maximum absolute atomic E-state index is 4.89. The Labute approximate surface area is 284 Å². The van der Waals surface area contributed by atoms with Gasteiger partial charge >= 0.3 is 35.6 Å². The Kier molecular flexibility index (Phi) is 19.6. The van der Waals surface area contributed by atoms with Gasteiger partial charge in [-0.25, -0.2) is 0 Å². The molecule has 0 radical (unpaired) electrons. The van der Waals surface area contributed by atoms with Crippen molar-refractivity contribution in [3.63, 3.8) is 0 Å². The topological polar surface area (TPSA) is 0 Å². The van der Waals surface area contributed by atoms with Gasteiger partial charge in [0.1, 0.15) is 0 Å². The molecule has 0 amide bonds. The molecule has 0 spiro atoms. The molecule has 0 aliphatic rings. The van der Waals surface area contributed by atoms with E-state index in [0.717, 1.165) is 0 Å². The zero-order chi connectivity index (χ0) is 31.8. The van der Waals surface area contributed by atoms with Gasteiger partial charge in [-0.3, -0.25) is 0 Å². The van der Waals surface area contributed by atoms with E-state index in [4.69, 9.17) is 18.6 Å². The number of benzene rings is 2. The van der Waals surface area contributed by atoms with Gasteiger partial charge in [0.15, 0.2) is 0 Å². The van der Waals surface area contributed by atoms with Crippen LogP contribution in [0.25, 0.3) is 21.5 Å². The Balaban J connectivity index is 0.000000275. The quantitative estimate of drug-likeness (QED) is 0.0701. The Morgan fingerprint density at radius 3 is 1.07 bits per heavy atom. The molecule has 0 N–H and O–H groups in total. The Bertz CT molecular complexity index is 1140. The summed E-state index contributed by atoms with van der Waals surface area (Å²) < 4.78 is 0. The number of aryl methyl sites for hydroxylation is 4. The fraction of sp³-hybridized carbons (Fsp3) is 0.526. The normalized spacial score (nSPS) is 11.2. The van der Waals surface area contributed by atoms with Crippen molar-refractivity contribution < 1.29 is 17.0 Å². The number of rotatable bonds is 14. The third-order valence-corrected chi connectivity index (χ3v) is 13.9. The average molecular weight is 694 g/mol. The van der Waals surface area contributed by atoms with Gasteiger partial charge in [0.05, 0.1) is 0 Å². The van der Waals surface area contributed by atoms with Crippen LogP contribution in [0.3, 0.4) is 0 Å². The number of hydrogen-bond acceptors (Lipinski definition) is 0. The van der Waals surface area contributed by atoms with E-state index >= 15 is 0 Å². The van der Waals surface area contributed by atoms with Crippen molar-refractivity contribution in [3.05, 3.63) is 70.8 Å². The molecule has 238 valence electrons. The molecular weight excluding hydrogens is 637 g/mol. The second-order valence-corrected chi connectivity index (χ2v) is 19.5. The summed E-state index contributed by atoms with van der Waals surface area (Å²) in [6.45, 7) is 18.2. The first kappa shape index (κ1) is 39.0. The molecule has 4 rings (SSSR count). The molecular formula is C38H56Cl2P2Ti-2. The van der Waals surface area contributed by atoms with Crippen molar-refractivity contribution in [2.45, 2.75) is 107 Å². The van der Waals surface area contributed by atoms with Crippen LogP contribution in [-0.2, 0) is 17.0 Å². The zero-order valence-electron chi connectivity index (χ0n) is 28.3. The standard InChI is InChI=1S/2C19H28P.2ClH.Ti/c2*1-5-7-11-20(12-8-6-2)17-13-18-15(3)9-10-16(4)19(18)14-17;;;/h2*9-10,13-14H,5-8,11-12H2,1-4H3;2*1H;/q2*-1;;;+2/p-2. The van der Waals surface area contributed by atoms with Gasteiger partial charge < -0.3 is 0 Å². The van der Waals surface area contributed by atoms with Crippen LogP contribution in [0, 0.1) is 27.7 Å². The van der Waals surface area contributed by atoms with E-state index in [0.29, 0.717) is 0 Å². The van der Waals surface area contributed by atoms with E-state index in [-0.39, 0.29) is 15.8 Å². The molecule has 43 heavy (non-hydrogen) atoms. The first-order valence-electron chi connectivity index (χ1n) is 16.5. The van der Waals surface area contributed by atoms with Gasteiger partial charge in [-0.1, -0.05) is 106 Å². The predicted molar refractivity (Wildman–Crippen MR) is 202 cm³/mol. The minimum atomic E-state index is -0.556. The Morgan fingerprint density at radius 2 is 0.814 bits per heavy atom. The molecule has 0 heterocycles. The fourth-order valence-electron chi connectivity index (χ4n) is 5.65. The molecule has 0 aliphatic carbocycles. The van der Waals surface area contributed by atoms with Crippen molar-refractivity contribution in [2.24, 2.45) is 0 Å². The zero-order valence-corrected chi connectivity index (χ0v) is 33.1. The van der Waals surface area contributed by atoms with Crippen LogP contribution in [0.4, 0.5) is 0 Å². The summed E-state index contributed by atoms with van der Waals surface area (Å²) in [5.74, 6) is 0. The molecule has 5 heteroatoms. The summed E-state index contributed by atoms with van der Waals surface area (Å²) >= 11 is -0.556. The molecule has 0 saturated heterocycles. The first-order chi connectivity index (χ1) is 20.8. The monoisotopic (exact) mass is 692 g/mol. The van der Waals surface area contributed by atoms with Crippen molar-refractivity contribution in [3.8, 4) is 0 Å². The molecule has 0 nitrogen and oxygen atoms in total. The molecule has 0 saturated carbocycles. The third-order valence-electron chi connectivity index (χ3n) is 8.47. The van der Waals surface area contributed by atoms with E-state index in [1.807, 2.05) is 0 Å². The summed E-state index contributed by atoms with van der Waals surface area (Å²) in [6, 6.07) is 19.0. The Hall–Kier alpha value is -0.186. The van der Waals surface area contributed by atoms with Crippen molar-refractivity contribution >= 4 is 66.6 Å². The molecule has 0 atom stereocenters. The SMILES string of the molecule is CCCCP(CCCC)c1cc2c(C)ccc(C)c2[cH-]1.CCCCP(CCCC)c1cc2c(C)ccc(C)c2[cH-]1.[Cl][Ti][Cl]. The number of fused-ring (bicyclic) bond motifs is 2. The number of hydrogen-bond donors (Lipinski definition) is 0. The van der Waals surface area contributed by atoms with E-state index in [9.17, 15) is 0 Å². The second kappa shape index (κ2) is 21.6. The molecule has 0 unspecified atom stereocenters. The molecule has 0 aromatic heterocycles. The average Bonchev–Trinajstić information content (AvgIpc) is 3.66. The van der Waals surface area contributed by atoms with Crippen LogP contribution in [0.1, 0.15) is 101 Å². The summed E-state index contributed by atoms with van der Waals surface area (Å²) in [5.41, 5.74) is 5.71. The second-order valence-electron chi connectivity index (χ2n) is 11.9. The van der Waals surface area contributed by atoms with Gasteiger partial charge in [0, 0.05) is 0 Å². The van der Waals surface area contributed by atoms with Gasteiger partial charge in [-0.15, -0.1) is 67.5 Å². The van der Waals surface area contributed by atoms with Crippen LogP contribution in [0.15, 0.2) is 48.5 Å².